The summed E-state index contributed by atoms with van der Waals surface area (Å²) in [7, 11) is 0. The molecule has 7 nitrogen and oxygen atoms in total. The monoisotopic (exact) mass is 420 g/mol. The average molecular weight is 421 g/mol. The Bertz CT molecular complexity index is 1110. The molecule has 1 aliphatic heterocycles. The zero-order chi connectivity index (χ0) is 22.0. The lowest BCUT2D eigenvalue weighted by molar-refractivity contribution is -0.121. The Labute approximate surface area is 181 Å². The first-order chi connectivity index (χ1) is 14.9. The fourth-order valence-corrected chi connectivity index (χ4v) is 3.82. The molecule has 1 aliphatic rings. The van der Waals surface area contributed by atoms with Gasteiger partial charge in [-0.1, -0.05) is 26.0 Å². The van der Waals surface area contributed by atoms with Crippen LogP contribution in [0.3, 0.4) is 0 Å². The second-order valence-corrected chi connectivity index (χ2v) is 8.46. The molecule has 1 atom stereocenters. The number of aromatic nitrogens is 1. The Morgan fingerprint density at radius 1 is 1.13 bits per heavy atom. The van der Waals surface area contributed by atoms with Gasteiger partial charge in [0, 0.05) is 30.4 Å². The summed E-state index contributed by atoms with van der Waals surface area (Å²) in [5.74, 6) is 0.543. The number of nitrogens with one attached hydrogen (secondary N) is 2. The topological polar surface area (TPSA) is 87.5 Å². The predicted molar refractivity (Wildman–Crippen MR) is 121 cm³/mol. The number of benzene rings is 2. The van der Waals surface area contributed by atoms with Gasteiger partial charge < -0.3 is 20.0 Å². The number of oxazole rings is 1. The van der Waals surface area contributed by atoms with Gasteiger partial charge in [-0.3, -0.25) is 4.79 Å². The predicted octanol–water partition coefficient (Wildman–Crippen LogP) is 5.14. The number of nitrogens with zero attached hydrogens (tertiary/aromatic N) is 2. The van der Waals surface area contributed by atoms with E-state index in [0.717, 1.165) is 29.6 Å². The molecule has 4 rings (SSSR count). The number of urea groups is 1. The highest BCUT2D eigenvalue weighted by Gasteiger charge is 2.28. The van der Waals surface area contributed by atoms with E-state index in [1.807, 2.05) is 63.2 Å². The van der Waals surface area contributed by atoms with Crippen LogP contribution in [0.4, 0.5) is 16.2 Å². The molecular formula is C24H28N4O3. The summed E-state index contributed by atoms with van der Waals surface area (Å²) in [6.07, 6.45) is 1.54. The first-order valence-electron chi connectivity index (χ1n) is 10.7. The maximum Gasteiger partial charge on any atom is 0.321 e. The second kappa shape index (κ2) is 8.79. The van der Waals surface area contributed by atoms with Crippen molar-refractivity contribution < 1.29 is 14.0 Å². The van der Waals surface area contributed by atoms with Gasteiger partial charge in [-0.15, -0.1) is 0 Å². The molecule has 0 bridgehead atoms. The van der Waals surface area contributed by atoms with E-state index in [1.165, 1.54) is 0 Å². The number of amides is 3. The molecule has 7 heteroatoms. The maximum atomic E-state index is 12.9. The fourth-order valence-electron chi connectivity index (χ4n) is 3.82. The van der Waals surface area contributed by atoms with Gasteiger partial charge in [-0.25, -0.2) is 9.78 Å². The molecule has 1 fully saturated rings. The van der Waals surface area contributed by atoms with Crippen molar-refractivity contribution >= 4 is 34.4 Å². The Hall–Kier alpha value is -3.35. The first-order valence-corrected chi connectivity index (χ1v) is 10.7. The van der Waals surface area contributed by atoms with Crippen molar-refractivity contribution in [3.8, 4) is 0 Å². The molecule has 1 aromatic heterocycles. The normalized spacial score (nSPS) is 16.5. The Morgan fingerprint density at radius 3 is 2.71 bits per heavy atom. The van der Waals surface area contributed by atoms with Crippen molar-refractivity contribution in [3.63, 3.8) is 0 Å². The minimum absolute atomic E-state index is 0.0833. The van der Waals surface area contributed by atoms with Crippen LogP contribution in [-0.4, -0.2) is 34.9 Å². The van der Waals surface area contributed by atoms with Crippen LogP contribution in [0, 0.1) is 12.8 Å². The van der Waals surface area contributed by atoms with Gasteiger partial charge in [0.15, 0.2) is 11.5 Å². The largest absolute Gasteiger partial charge is 0.440 e. The second-order valence-electron chi connectivity index (χ2n) is 8.46. The molecule has 162 valence electrons. The Morgan fingerprint density at radius 2 is 1.94 bits per heavy atom. The summed E-state index contributed by atoms with van der Waals surface area (Å²) in [6, 6.07) is 13.0. The quantitative estimate of drug-likeness (QED) is 0.612. The number of hydrogen-bond acceptors (Lipinski definition) is 4. The number of hydrogen-bond donors (Lipinski definition) is 2. The standard InChI is InChI=1S/C24H28N4O3/c1-15(2)23-27-20-13-19(9-10-21(20)31-23)25-22(29)17-7-5-11-28(14-17)24(30)26-18-8-4-6-16(3)12-18/h4,6,8-10,12-13,15,17H,5,7,11,14H2,1-3H3,(H,25,29)(H,26,30). The molecule has 0 spiro atoms. The number of rotatable bonds is 4. The van der Waals surface area contributed by atoms with Crippen molar-refractivity contribution in [2.75, 3.05) is 23.7 Å². The van der Waals surface area contributed by atoms with Gasteiger partial charge in [0.05, 0.1) is 5.92 Å². The highest BCUT2D eigenvalue weighted by Crippen LogP contribution is 2.25. The zero-order valence-corrected chi connectivity index (χ0v) is 18.1. The molecular weight excluding hydrogens is 392 g/mol. The number of fused-ring (bicyclic) bond motifs is 1. The fraction of sp³-hybridized carbons (Fsp3) is 0.375. The third-order valence-electron chi connectivity index (χ3n) is 5.51. The molecule has 0 aliphatic carbocycles. The van der Waals surface area contributed by atoms with Crippen LogP contribution in [0.25, 0.3) is 11.1 Å². The van der Waals surface area contributed by atoms with Gasteiger partial charge in [0.25, 0.3) is 0 Å². The first kappa shape index (κ1) is 20.9. The van der Waals surface area contributed by atoms with Crippen LogP contribution in [0.2, 0.25) is 0 Å². The summed E-state index contributed by atoms with van der Waals surface area (Å²) in [6.45, 7) is 7.07. The smallest absolute Gasteiger partial charge is 0.321 e. The van der Waals surface area contributed by atoms with Crippen LogP contribution < -0.4 is 10.6 Å². The Balaban J connectivity index is 1.39. The van der Waals surface area contributed by atoms with Crippen LogP contribution >= 0.6 is 0 Å². The SMILES string of the molecule is Cc1cccc(NC(=O)N2CCCC(C(=O)Nc3ccc4oc(C(C)C)nc4c3)C2)c1. The van der Waals surface area contributed by atoms with Crippen molar-refractivity contribution in [1.29, 1.82) is 0 Å². The third-order valence-corrected chi connectivity index (χ3v) is 5.51. The van der Waals surface area contributed by atoms with E-state index >= 15 is 0 Å². The van der Waals surface area contributed by atoms with Gasteiger partial charge in [0.2, 0.25) is 5.91 Å². The van der Waals surface area contributed by atoms with Crippen molar-refractivity contribution in [3.05, 3.63) is 53.9 Å². The van der Waals surface area contributed by atoms with Crippen LogP contribution in [0.1, 0.15) is 44.1 Å². The molecule has 2 N–H and O–H groups in total. The number of carbonyl (C=O) groups excluding carboxylic acids is 2. The third kappa shape index (κ3) is 4.87. The highest BCUT2D eigenvalue weighted by atomic mass is 16.3. The molecule has 0 radical (unpaired) electrons. The van der Waals surface area contributed by atoms with Crippen LogP contribution in [0.5, 0.6) is 0 Å². The molecule has 3 aromatic rings. The van der Waals surface area contributed by atoms with Gasteiger partial charge in [-0.2, -0.15) is 0 Å². The molecule has 2 heterocycles. The van der Waals surface area contributed by atoms with Crippen molar-refractivity contribution in [1.82, 2.24) is 9.88 Å². The lowest BCUT2D eigenvalue weighted by Gasteiger charge is -2.32. The summed E-state index contributed by atoms with van der Waals surface area (Å²) in [5, 5.41) is 5.91. The minimum atomic E-state index is -0.253. The Kier molecular flexibility index (Phi) is 5.93. The van der Waals surface area contributed by atoms with E-state index in [-0.39, 0.29) is 23.8 Å². The minimum Gasteiger partial charge on any atom is -0.440 e. The molecule has 0 saturated carbocycles. The average Bonchev–Trinajstić information content (AvgIpc) is 3.18. The van der Waals surface area contributed by atoms with Crippen LogP contribution in [0.15, 0.2) is 46.9 Å². The van der Waals surface area contributed by atoms with Gasteiger partial charge in [0.1, 0.15) is 5.52 Å². The summed E-state index contributed by atoms with van der Waals surface area (Å²) >= 11 is 0. The molecule has 1 unspecified atom stereocenters. The molecule has 31 heavy (non-hydrogen) atoms. The van der Waals surface area contributed by atoms with E-state index < -0.39 is 0 Å². The maximum absolute atomic E-state index is 12.9. The van der Waals surface area contributed by atoms with Crippen molar-refractivity contribution in [2.45, 2.75) is 39.5 Å². The summed E-state index contributed by atoms with van der Waals surface area (Å²) < 4.78 is 5.73. The van der Waals surface area contributed by atoms with E-state index in [9.17, 15) is 9.59 Å². The molecule has 1 saturated heterocycles. The highest BCUT2D eigenvalue weighted by molar-refractivity contribution is 5.95. The molecule has 3 amide bonds. The number of carbonyl (C=O) groups is 2. The molecule has 2 aromatic carbocycles. The summed E-state index contributed by atoms with van der Waals surface area (Å²) in [4.78, 5) is 31.8. The van der Waals surface area contributed by atoms with E-state index in [1.54, 1.807) is 4.90 Å². The lowest BCUT2D eigenvalue weighted by atomic mass is 9.97. The van der Waals surface area contributed by atoms with Crippen LogP contribution in [-0.2, 0) is 4.79 Å². The van der Waals surface area contributed by atoms with E-state index in [4.69, 9.17) is 4.42 Å². The number of anilines is 2. The van der Waals surface area contributed by atoms with E-state index in [0.29, 0.717) is 30.3 Å². The number of aryl methyl sites for hydroxylation is 1. The zero-order valence-electron chi connectivity index (χ0n) is 18.1. The van der Waals surface area contributed by atoms with Gasteiger partial charge >= 0.3 is 6.03 Å². The van der Waals surface area contributed by atoms with E-state index in [2.05, 4.69) is 15.6 Å². The lowest BCUT2D eigenvalue weighted by Crippen LogP contribution is -2.45. The van der Waals surface area contributed by atoms with Gasteiger partial charge in [-0.05, 0) is 55.7 Å². The number of likely N-dealkylation sites (tertiary alicyclic amines) is 1. The number of piperidine rings is 1. The van der Waals surface area contributed by atoms with Crippen molar-refractivity contribution in [2.24, 2.45) is 5.92 Å². The summed E-state index contributed by atoms with van der Waals surface area (Å²) in [5.41, 5.74) is 3.96.